The second-order valence-corrected chi connectivity index (χ2v) is 5.86. The first-order chi connectivity index (χ1) is 10.2. The van der Waals surface area contributed by atoms with Gasteiger partial charge in [-0.15, -0.1) is 0 Å². The third kappa shape index (κ3) is 5.01. The molecule has 1 fully saturated rings. The Kier molecular flexibility index (Phi) is 6.00. The quantitative estimate of drug-likeness (QED) is 0.900. The highest BCUT2D eigenvalue weighted by molar-refractivity contribution is 5.94. The van der Waals surface area contributed by atoms with Crippen LogP contribution in [0.5, 0.6) is 0 Å². The van der Waals surface area contributed by atoms with Crippen LogP contribution in [0.2, 0.25) is 0 Å². The van der Waals surface area contributed by atoms with Crippen molar-refractivity contribution in [1.82, 2.24) is 10.2 Å². The second-order valence-electron chi connectivity index (χ2n) is 5.86. The third-order valence-corrected chi connectivity index (χ3v) is 3.99. The van der Waals surface area contributed by atoms with Crippen LogP contribution in [0.4, 0.5) is 0 Å². The van der Waals surface area contributed by atoms with Gasteiger partial charge in [0.1, 0.15) is 0 Å². The monoisotopic (exact) mass is 286 g/mol. The Balaban J connectivity index is 1.87. The van der Waals surface area contributed by atoms with Crippen molar-refractivity contribution in [3.63, 3.8) is 0 Å². The van der Waals surface area contributed by atoms with E-state index in [4.69, 9.17) is 0 Å². The number of unbranched alkanes of at least 4 members (excludes halogenated alkanes) is 1. The molecular weight excluding hydrogens is 260 g/mol. The predicted molar refractivity (Wildman–Crippen MR) is 88.4 cm³/mol. The number of carbonyl (C=O) groups is 1. The standard InChI is InChI=1S/C18H26N2O/c1-3-4-5-6-15-7-9-16(10-8-15)18(21)19-17-11-13-20(2)14-12-17/h5-10,17H,3-4,11-14H2,1-2H3,(H,19,21)/b6-5+. The van der Waals surface area contributed by atoms with E-state index in [1.807, 2.05) is 24.3 Å². The molecule has 1 aliphatic heterocycles. The van der Waals surface area contributed by atoms with E-state index in [0.29, 0.717) is 6.04 Å². The molecule has 0 aromatic heterocycles. The predicted octanol–water partition coefficient (Wildman–Crippen LogP) is 3.32. The van der Waals surface area contributed by atoms with Gasteiger partial charge in [0.25, 0.3) is 5.91 Å². The van der Waals surface area contributed by atoms with Gasteiger partial charge in [-0.05, 0) is 57.1 Å². The molecule has 3 heteroatoms. The maximum atomic E-state index is 12.2. The first-order valence-electron chi connectivity index (χ1n) is 7.95. The first kappa shape index (κ1) is 15.8. The van der Waals surface area contributed by atoms with Gasteiger partial charge in [-0.3, -0.25) is 4.79 Å². The molecule has 1 heterocycles. The third-order valence-electron chi connectivity index (χ3n) is 3.99. The zero-order valence-electron chi connectivity index (χ0n) is 13.1. The number of amides is 1. The van der Waals surface area contributed by atoms with Gasteiger partial charge in [0, 0.05) is 11.6 Å². The number of carbonyl (C=O) groups excluding carboxylic acids is 1. The van der Waals surface area contributed by atoms with E-state index in [2.05, 4.69) is 36.3 Å². The summed E-state index contributed by atoms with van der Waals surface area (Å²) in [5, 5.41) is 3.14. The lowest BCUT2D eigenvalue weighted by atomic mass is 10.0. The lowest BCUT2D eigenvalue weighted by Crippen LogP contribution is -2.43. The van der Waals surface area contributed by atoms with Crippen molar-refractivity contribution < 1.29 is 4.79 Å². The van der Waals surface area contributed by atoms with E-state index >= 15 is 0 Å². The van der Waals surface area contributed by atoms with Gasteiger partial charge in [0.15, 0.2) is 0 Å². The van der Waals surface area contributed by atoms with E-state index in [1.54, 1.807) is 0 Å². The van der Waals surface area contributed by atoms with Crippen LogP contribution in [0, 0.1) is 0 Å². The molecule has 114 valence electrons. The van der Waals surface area contributed by atoms with Crippen LogP contribution in [0.1, 0.15) is 48.5 Å². The molecule has 0 spiro atoms. The first-order valence-corrected chi connectivity index (χ1v) is 7.95. The molecule has 1 aromatic carbocycles. The number of rotatable bonds is 5. The normalized spacial score (nSPS) is 17.2. The number of benzene rings is 1. The van der Waals surface area contributed by atoms with Gasteiger partial charge in [-0.25, -0.2) is 0 Å². The molecule has 1 amide bonds. The zero-order chi connectivity index (χ0) is 15.1. The molecule has 1 aromatic rings. The van der Waals surface area contributed by atoms with Crippen LogP contribution in [0.3, 0.4) is 0 Å². The maximum Gasteiger partial charge on any atom is 0.251 e. The molecule has 0 bridgehead atoms. The Morgan fingerprint density at radius 1 is 1.29 bits per heavy atom. The van der Waals surface area contributed by atoms with Gasteiger partial charge in [-0.1, -0.05) is 37.6 Å². The van der Waals surface area contributed by atoms with E-state index in [-0.39, 0.29) is 5.91 Å². The molecule has 0 saturated carbocycles. The van der Waals surface area contributed by atoms with Crippen LogP contribution >= 0.6 is 0 Å². The summed E-state index contributed by atoms with van der Waals surface area (Å²) in [7, 11) is 2.13. The average Bonchev–Trinajstić information content (AvgIpc) is 2.50. The average molecular weight is 286 g/mol. The minimum absolute atomic E-state index is 0.0497. The van der Waals surface area contributed by atoms with E-state index < -0.39 is 0 Å². The summed E-state index contributed by atoms with van der Waals surface area (Å²) in [6.07, 6.45) is 8.63. The van der Waals surface area contributed by atoms with E-state index in [1.165, 1.54) is 0 Å². The van der Waals surface area contributed by atoms with Crippen molar-refractivity contribution >= 4 is 12.0 Å². The lowest BCUT2D eigenvalue weighted by molar-refractivity contribution is 0.0917. The highest BCUT2D eigenvalue weighted by Gasteiger charge is 2.18. The van der Waals surface area contributed by atoms with Gasteiger partial charge in [0.05, 0.1) is 0 Å². The summed E-state index contributed by atoms with van der Waals surface area (Å²) in [5.41, 5.74) is 1.90. The van der Waals surface area contributed by atoms with E-state index in [9.17, 15) is 4.79 Å². The van der Waals surface area contributed by atoms with Gasteiger partial charge < -0.3 is 10.2 Å². The highest BCUT2D eigenvalue weighted by atomic mass is 16.1. The maximum absolute atomic E-state index is 12.2. The number of nitrogens with zero attached hydrogens (tertiary/aromatic N) is 1. The minimum atomic E-state index is 0.0497. The van der Waals surface area contributed by atoms with Crippen molar-refractivity contribution in [2.45, 2.75) is 38.6 Å². The molecule has 0 radical (unpaired) electrons. The number of piperidine rings is 1. The topological polar surface area (TPSA) is 32.3 Å². The zero-order valence-corrected chi connectivity index (χ0v) is 13.1. The van der Waals surface area contributed by atoms with Crippen LogP contribution in [0.25, 0.3) is 6.08 Å². The lowest BCUT2D eigenvalue weighted by Gasteiger charge is -2.29. The number of hydrogen-bond donors (Lipinski definition) is 1. The molecule has 2 rings (SSSR count). The number of hydrogen-bond acceptors (Lipinski definition) is 2. The SMILES string of the molecule is CCC/C=C/c1ccc(C(=O)NC2CCN(C)CC2)cc1. The van der Waals surface area contributed by atoms with Gasteiger partial charge in [0.2, 0.25) is 0 Å². The summed E-state index contributed by atoms with van der Waals surface area (Å²) in [5.74, 6) is 0.0497. The molecule has 1 saturated heterocycles. The summed E-state index contributed by atoms with van der Waals surface area (Å²) in [4.78, 5) is 14.5. The molecule has 0 aliphatic carbocycles. The summed E-state index contributed by atoms with van der Waals surface area (Å²) < 4.78 is 0. The van der Waals surface area contributed by atoms with Crippen molar-refractivity contribution in [1.29, 1.82) is 0 Å². The Labute approximate surface area is 128 Å². The van der Waals surface area contributed by atoms with Crippen molar-refractivity contribution in [2.75, 3.05) is 20.1 Å². The fourth-order valence-corrected chi connectivity index (χ4v) is 2.55. The fraction of sp³-hybridized carbons (Fsp3) is 0.500. The fourth-order valence-electron chi connectivity index (χ4n) is 2.55. The van der Waals surface area contributed by atoms with Gasteiger partial charge >= 0.3 is 0 Å². The Bertz CT molecular complexity index is 470. The molecule has 1 N–H and O–H groups in total. The van der Waals surface area contributed by atoms with Crippen molar-refractivity contribution in [3.8, 4) is 0 Å². The summed E-state index contributed by atoms with van der Waals surface area (Å²) in [6.45, 7) is 4.29. The molecule has 21 heavy (non-hydrogen) atoms. The number of nitrogens with one attached hydrogen (secondary N) is 1. The molecular formula is C18H26N2O. The minimum Gasteiger partial charge on any atom is -0.349 e. The van der Waals surface area contributed by atoms with Crippen LogP contribution in [-0.2, 0) is 0 Å². The van der Waals surface area contributed by atoms with Gasteiger partial charge in [-0.2, -0.15) is 0 Å². The molecule has 0 atom stereocenters. The number of likely N-dealkylation sites (tertiary alicyclic amines) is 1. The summed E-state index contributed by atoms with van der Waals surface area (Å²) >= 11 is 0. The van der Waals surface area contributed by atoms with Crippen LogP contribution in [-0.4, -0.2) is 37.0 Å². The number of allylic oxidation sites excluding steroid dienone is 1. The Hall–Kier alpha value is -1.61. The largest absolute Gasteiger partial charge is 0.349 e. The van der Waals surface area contributed by atoms with Crippen LogP contribution in [0.15, 0.2) is 30.3 Å². The Morgan fingerprint density at radius 2 is 1.95 bits per heavy atom. The van der Waals surface area contributed by atoms with Crippen molar-refractivity contribution in [2.24, 2.45) is 0 Å². The summed E-state index contributed by atoms with van der Waals surface area (Å²) in [6, 6.07) is 8.16. The molecule has 0 unspecified atom stereocenters. The van der Waals surface area contributed by atoms with Crippen LogP contribution < -0.4 is 5.32 Å². The smallest absolute Gasteiger partial charge is 0.251 e. The second kappa shape index (κ2) is 7.99. The Morgan fingerprint density at radius 3 is 2.57 bits per heavy atom. The van der Waals surface area contributed by atoms with E-state index in [0.717, 1.165) is 49.9 Å². The highest BCUT2D eigenvalue weighted by Crippen LogP contribution is 2.11. The van der Waals surface area contributed by atoms with Crippen molar-refractivity contribution in [3.05, 3.63) is 41.5 Å². The molecule has 3 nitrogen and oxygen atoms in total. The molecule has 1 aliphatic rings.